The largest absolute Gasteiger partial charge is 0.486 e. The third kappa shape index (κ3) is 3.62. The maximum atomic E-state index is 13.1. The van der Waals surface area contributed by atoms with Crippen LogP contribution in [0, 0.1) is 11.6 Å². The molecule has 0 spiro atoms. The van der Waals surface area contributed by atoms with Crippen molar-refractivity contribution >= 4 is 21.9 Å². The molecule has 0 heterocycles. The fourth-order valence-electron chi connectivity index (χ4n) is 0.924. The summed E-state index contributed by atoms with van der Waals surface area (Å²) in [6.45, 7) is -0.154. The van der Waals surface area contributed by atoms with Gasteiger partial charge in [-0.05, 0) is 18.2 Å². The number of rotatable bonds is 4. The number of ether oxygens (including phenoxy) is 1. The van der Waals surface area contributed by atoms with Gasteiger partial charge in [-0.3, -0.25) is 0 Å². The Bertz CT molecular complexity index is 432. The minimum Gasteiger partial charge on any atom is -0.486 e. The van der Waals surface area contributed by atoms with Gasteiger partial charge in [0.05, 0.1) is 0 Å². The molecule has 0 unspecified atom stereocenters. The van der Waals surface area contributed by atoms with Crippen molar-refractivity contribution in [3.8, 4) is 5.75 Å². The lowest BCUT2D eigenvalue weighted by Gasteiger charge is -2.05. The van der Waals surface area contributed by atoms with Crippen LogP contribution < -0.4 is 4.74 Å². The normalized spacial score (nSPS) is 10.7. The average Bonchev–Trinajstić information content (AvgIpc) is 2.19. The van der Waals surface area contributed by atoms with Crippen LogP contribution in [0.3, 0.4) is 0 Å². The van der Waals surface area contributed by atoms with Crippen molar-refractivity contribution in [2.75, 3.05) is 6.61 Å². The van der Waals surface area contributed by atoms with Gasteiger partial charge in [-0.15, -0.1) is 0 Å². The van der Waals surface area contributed by atoms with Crippen LogP contribution in [-0.2, 0) is 4.79 Å². The van der Waals surface area contributed by atoms with Crippen molar-refractivity contribution in [2.45, 2.75) is 0 Å². The van der Waals surface area contributed by atoms with E-state index in [0.717, 1.165) is 12.1 Å². The summed E-state index contributed by atoms with van der Waals surface area (Å²) in [5.41, 5.74) is 0. The number of halogens is 3. The maximum Gasteiger partial charge on any atom is 0.328 e. The third-order valence-electron chi connectivity index (χ3n) is 1.56. The summed E-state index contributed by atoms with van der Waals surface area (Å²) in [4.78, 5) is 10.1. The lowest BCUT2D eigenvalue weighted by molar-refractivity contribution is -0.131. The second-order valence-electron chi connectivity index (χ2n) is 2.75. The Labute approximate surface area is 98.5 Å². The Kier molecular flexibility index (Phi) is 4.42. The number of hydrogen-bond donors (Lipinski definition) is 1. The fourth-order valence-corrected chi connectivity index (χ4v) is 1.33. The molecule has 6 heteroatoms. The smallest absolute Gasteiger partial charge is 0.328 e. The SMILES string of the molecule is O=C(O)/C=C/COc1cc(Br)cc(F)c1F. The van der Waals surface area contributed by atoms with E-state index in [1.165, 1.54) is 12.1 Å². The highest BCUT2D eigenvalue weighted by molar-refractivity contribution is 9.10. The molecule has 0 amide bonds. The number of carboxylic acid groups (broad SMARTS) is 1. The fraction of sp³-hybridized carbons (Fsp3) is 0.100. The highest BCUT2D eigenvalue weighted by Crippen LogP contribution is 2.25. The summed E-state index contributed by atoms with van der Waals surface area (Å²) >= 11 is 2.98. The zero-order valence-electron chi connectivity index (χ0n) is 7.91. The van der Waals surface area contributed by atoms with E-state index >= 15 is 0 Å². The Morgan fingerprint density at radius 1 is 1.50 bits per heavy atom. The van der Waals surface area contributed by atoms with Crippen LogP contribution in [-0.4, -0.2) is 17.7 Å². The molecule has 0 bridgehead atoms. The highest BCUT2D eigenvalue weighted by atomic mass is 79.9. The molecule has 3 nitrogen and oxygen atoms in total. The van der Waals surface area contributed by atoms with Crippen molar-refractivity contribution in [3.05, 3.63) is 40.4 Å². The second-order valence-corrected chi connectivity index (χ2v) is 3.67. The van der Waals surface area contributed by atoms with Crippen molar-refractivity contribution in [3.63, 3.8) is 0 Å². The van der Waals surface area contributed by atoms with Crippen LogP contribution in [0.1, 0.15) is 0 Å². The zero-order valence-corrected chi connectivity index (χ0v) is 9.50. The Balaban J connectivity index is 2.70. The molecule has 1 rings (SSSR count). The van der Waals surface area contributed by atoms with Crippen molar-refractivity contribution in [2.24, 2.45) is 0 Å². The molecule has 0 saturated heterocycles. The number of benzene rings is 1. The molecule has 0 aliphatic heterocycles. The third-order valence-corrected chi connectivity index (χ3v) is 2.01. The zero-order chi connectivity index (χ0) is 12.1. The quantitative estimate of drug-likeness (QED) is 0.686. The molecule has 0 radical (unpaired) electrons. The van der Waals surface area contributed by atoms with Gasteiger partial charge in [0.1, 0.15) is 6.61 Å². The standard InChI is InChI=1S/C10H7BrF2O3/c11-6-4-7(12)10(13)8(5-6)16-3-1-2-9(14)15/h1-2,4-5H,3H2,(H,14,15)/b2-1+. The van der Waals surface area contributed by atoms with Gasteiger partial charge in [0.2, 0.25) is 5.82 Å². The van der Waals surface area contributed by atoms with Gasteiger partial charge in [-0.1, -0.05) is 15.9 Å². The lowest BCUT2D eigenvalue weighted by atomic mass is 10.3. The molecule has 1 aromatic carbocycles. The number of aliphatic carboxylic acids is 1. The predicted molar refractivity (Wildman–Crippen MR) is 56.3 cm³/mol. The van der Waals surface area contributed by atoms with Gasteiger partial charge < -0.3 is 9.84 Å². The molecule has 0 aliphatic rings. The van der Waals surface area contributed by atoms with Gasteiger partial charge in [0.15, 0.2) is 11.6 Å². The predicted octanol–water partition coefficient (Wildman–Crippen LogP) is 2.75. The molecular weight excluding hydrogens is 286 g/mol. The maximum absolute atomic E-state index is 13.1. The topological polar surface area (TPSA) is 46.5 Å². The van der Waals surface area contributed by atoms with Gasteiger partial charge in [0.25, 0.3) is 0 Å². The van der Waals surface area contributed by atoms with Crippen molar-refractivity contribution in [1.82, 2.24) is 0 Å². The van der Waals surface area contributed by atoms with E-state index in [0.29, 0.717) is 4.47 Å². The molecule has 0 aliphatic carbocycles. The summed E-state index contributed by atoms with van der Waals surface area (Å²) in [7, 11) is 0. The van der Waals surface area contributed by atoms with Crippen LogP contribution >= 0.6 is 15.9 Å². The first kappa shape index (κ1) is 12.6. The Hall–Kier alpha value is -1.43. The summed E-state index contributed by atoms with van der Waals surface area (Å²) in [6, 6.07) is 2.22. The molecular formula is C10H7BrF2O3. The van der Waals surface area contributed by atoms with Crippen LogP contribution in [0.5, 0.6) is 5.75 Å². The summed E-state index contributed by atoms with van der Waals surface area (Å²) in [5.74, 6) is -3.55. The van der Waals surface area contributed by atoms with E-state index in [1.807, 2.05) is 0 Å². The van der Waals surface area contributed by atoms with Gasteiger partial charge in [0, 0.05) is 10.5 Å². The minimum absolute atomic E-state index is 0.154. The molecule has 0 fully saturated rings. The first-order chi connectivity index (χ1) is 7.50. The molecule has 86 valence electrons. The molecule has 0 aromatic heterocycles. The van der Waals surface area contributed by atoms with Crippen LogP contribution in [0.4, 0.5) is 8.78 Å². The summed E-state index contributed by atoms with van der Waals surface area (Å²) in [6.07, 6.45) is 2.03. The van der Waals surface area contributed by atoms with Crippen LogP contribution in [0.15, 0.2) is 28.8 Å². The van der Waals surface area contributed by atoms with E-state index in [4.69, 9.17) is 9.84 Å². The minimum atomic E-state index is -1.13. The van der Waals surface area contributed by atoms with Crippen LogP contribution in [0.25, 0.3) is 0 Å². The van der Waals surface area contributed by atoms with E-state index in [2.05, 4.69) is 15.9 Å². The first-order valence-electron chi connectivity index (χ1n) is 4.17. The van der Waals surface area contributed by atoms with Crippen LogP contribution in [0.2, 0.25) is 0 Å². The average molecular weight is 293 g/mol. The molecule has 1 aromatic rings. The van der Waals surface area contributed by atoms with E-state index in [9.17, 15) is 13.6 Å². The van der Waals surface area contributed by atoms with Gasteiger partial charge in [-0.25, -0.2) is 9.18 Å². The van der Waals surface area contributed by atoms with E-state index in [1.54, 1.807) is 0 Å². The van der Waals surface area contributed by atoms with E-state index in [-0.39, 0.29) is 12.4 Å². The monoisotopic (exact) mass is 292 g/mol. The molecule has 1 N–H and O–H groups in total. The molecule has 0 saturated carbocycles. The number of hydrogen-bond acceptors (Lipinski definition) is 2. The van der Waals surface area contributed by atoms with Crippen molar-refractivity contribution < 1.29 is 23.4 Å². The Morgan fingerprint density at radius 2 is 2.19 bits per heavy atom. The first-order valence-corrected chi connectivity index (χ1v) is 4.97. The Morgan fingerprint density at radius 3 is 2.81 bits per heavy atom. The highest BCUT2D eigenvalue weighted by Gasteiger charge is 2.10. The lowest BCUT2D eigenvalue weighted by Crippen LogP contribution is -1.99. The molecule has 16 heavy (non-hydrogen) atoms. The molecule has 0 atom stereocenters. The van der Waals surface area contributed by atoms with Crippen molar-refractivity contribution in [1.29, 1.82) is 0 Å². The number of carbonyl (C=O) groups is 1. The van der Waals surface area contributed by atoms with E-state index < -0.39 is 17.6 Å². The second kappa shape index (κ2) is 5.60. The summed E-state index contributed by atoms with van der Waals surface area (Å²) in [5, 5.41) is 8.27. The number of carboxylic acids is 1. The van der Waals surface area contributed by atoms with Gasteiger partial charge in [-0.2, -0.15) is 4.39 Å². The van der Waals surface area contributed by atoms with Gasteiger partial charge >= 0.3 is 5.97 Å². The summed E-state index contributed by atoms with van der Waals surface area (Å²) < 4.78 is 31.2.